The third-order valence-corrected chi connectivity index (χ3v) is 2.55. The zero-order valence-electron chi connectivity index (χ0n) is 9.14. The topological polar surface area (TPSA) is 50.1 Å². The molecule has 1 aliphatic rings. The van der Waals surface area contributed by atoms with Crippen LogP contribution in [0.2, 0.25) is 0 Å². The van der Waals surface area contributed by atoms with E-state index >= 15 is 0 Å². The highest BCUT2D eigenvalue weighted by atomic mass is 16.3. The monoisotopic (exact) mass is 207 g/mol. The minimum Gasteiger partial charge on any atom is -0.388 e. The van der Waals surface area contributed by atoms with E-state index in [9.17, 15) is 5.11 Å². The van der Waals surface area contributed by atoms with Gasteiger partial charge in [0.15, 0.2) is 0 Å². The number of nitrogens with one attached hydrogen (secondary N) is 1. The van der Waals surface area contributed by atoms with E-state index in [0.29, 0.717) is 12.6 Å². The lowest BCUT2D eigenvalue weighted by Crippen LogP contribution is -2.32. The van der Waals surface area contributed by atoms with Gasteiger partial charge in [-0.3, -0.25) is 4.68 Å². The third kappa shape index (κ3) is 2.11. The van der Waals surface area contributed by atoms with Crippen molar-refractivity contribution in [1.82, 2.24) is 15.1 Å². The van der Waals surface area contributed by atoms with Crippen molar-refractivity contribution in [2.24, 2.45) is 0 Å². The van der Waals surface area contributed by atoms with E-state index in [1.165, 1.54) is 0 Å². The van der Waals surface area contributed by atoms with Crippen LogP contribution in [0.1, 0.15) is 25.6 Å². The maximum atomic E-state index is 9.54. The highest BCUT2D eigenvalue weighted by Crippen LogP contribution is 2.19. The van der Waals surface area contributed by atoms with Crippen LogP contribution >= 0.6 is 0 Å². The van der Waals surface area contributed by atoms with Gasteiger partial charge >= 0.3 is 0 Å². The minimum atomic E-state index is -0.385. The number of hydrogen-bond acceptors (Lipinski definition) is 3. The molecule has 0 amide bonds. The molecule has 1 unspecified atom stereocenters. The Labute approximate surface area is 89.6 Å². The van der Waals surface area contributed by atoms with E-state index in [4.69, 9.17) is 0 Å². The average molecular weight is 207 g/mol. The molecule has 2 heterocycles. The van der Waals surface area contributed by atoms with Crippen LogP contribution in [0.3, 0.4) is 0 Å². The molecule has 0 saturated heterocycles. The van der Waals surface area contributed by atoms with Crippen molar-refractivity contribution in [3.05, 3.63) is 24.0 Å². The van der Waals surface area contributed by atoms with Crippen LogP contribution in [0.5, 0.6) is 0 Å². The fourth-order valence-corrected chi connectivity index (χ4v) is 1.86. The smallest absolute Gasteiger partial charge is 0.0852 e. The van der Waals surface area contributed by atoms with E-state index in [1.807, 2.05) is 16.8 Å². The van der Waals surface area contributed by atoms with E-state index in [-0.39, 0.29) is 6.10 Å². The largest absolute Gasteiger partial charge is 0.388 e. The van der Waals surface area contributed by atoms with E-state index in [1.54, 1.807) is 6.20 Å². The number of aromatic nitrogens is 2. The van der Waals surface area contributed by atoms with Crippen LogP contribution in [-0.2, 0) is 0 Å². The van der Waals surface area contributed by atoms with Crippen molar-refractivity contribution in [2.75, 3.05) is 13.1 Å². The molecule has 0 aliphatic carbocycles. The van der Waals surface area contributed by atoms with E-state index in [2.05, 4.69) is 24.3 Å². The van der Waals surface area contributed by atoms with Crippen LogP contribution < -0.4 is 5.32 Å². The SMILES string of the molecule is CC(C)n1nccc1C1=CC(O)CNC1. The van der Waals surface area contributed by atoms with Crippen LogP contribution in [0.25, 0.3) is 5.57 Å². The summed E-state index contributed by atoms with van der Waals surface area (Å²) in [5.41, 5.74) is 2.22. The van der Waals surface area contributed by atoms with Gasteiger partial charge in [0, 0.05) is 25.3 Å². The standard InChI is InChI=1S/C11H17N3O/c1-8(2)14-11(3-4-13-14)9-5-10(15)7-12-6-9/h3-5,8,10,12,15H,6-7H2,1-2H3. The number of nitrogens with zero attached hydrogens (tertiary/aromatic N) is 2. The van der Waals surface area contributed by atoms with Crippen molar-refractivity contribution < 1.29 is 5.11 Å². The Hall–Kier alpha value is -1.13. The molecule has 0 bridgehead atoms. The van der Waals surface area contributed by atoms with Gasteiger partial charge in [-0.1, -0.05) is 0 Å². The Morgan fingerprint density at radius 3 is 3.07 bits per heavy atom. The molecule has 1 aliphatic heterocycles. The molecule has 4 nitrogen and oxygen atoms in total. The molecule has 1 atom stereocenters. The second kappa shape index (κ2) is 4.16. The van der Waals surface area contributed by atoms with Crippen LogP contribution in [0.15, 0.2) is 18.3 Å². The van der Waals surface area contributed by atoms with Gasteiger partial charge in [0.05, 0.1) is 11.8 Å². The zero-order valence-corrected chi connectivity index (χ0v) is 9.14. The van der Waals surface area contributed by atoms with E-state index in [0.717, 1.165) is 17.8 Å². The lowest BCUT2D eigenvalue weighted by molar-refractivity contribution is 0.216. The molecule has 0 saturated carbocycles. The maximum Gasteiger partial charge on any atom is 0.0852 e. The summed E-state index contributed by atoms with van der Waals surface area (Å²) in [4.78, 5) is 0. The molecule has 15 heavy (non-hydrogen) atoms. The van der Waals surface area contributed by atoms with Gasteiger partial charge < -0.3 is 10.4 Å². The summed E-state index contributed by atoms with van der Waals surface area (Å²) in [6, 6.07) is 2.33. The fraction of sp³-hybridized carbons (Fsp3) is 0.545. The number of hydrogen-bond donors (Lipinski definition) is 2. The molecule has 82 valence electrons. The number of aliphatic hydroxyl groups is 1. The zero-order chi connectivity index (χ0) is 10.8. The molecule has 0 spiro atoms. The quantitative estimate of drug-likeness (QED) is 0.754. The van der Waals surface area contributed by atoms with Gasteiger partial charge in [-0.15, -0.1) is 0 Å². The molecule has 1 aromatic rings. The number of rotatable bonds is 2. The number of β-amino-alcohol motifs (C(OH)–C–C–N with tert-alkyl or cyclic N) is 1. The van der Waals surface area contributed by atoms with Crippen molar-refractivity contribution in [1.29, 1.82) is 0 Å². The first-order valence-electron chi connectivity index (χ1n) is 5.32. The summed E-state index contributed by atoms with van der Waals surface area (Å²) >= 11 is 0. The Balaban J connectivity index is 2.32. The summed E-state index contributed by atoms with van der Waals surface area (Å²) in [6.45, 7) is 5.64. The van der Waals surface area contributed by atoms with Gasteiger partial charge in [0.25, 0.3) is 0 Å². The molecular formula is C11H17N3O. The highest BCUT2D eigenvalue weighted by Gasteiger charge is 2.15. The lowest BCUT2D eigenvalue weighted by atomic mass is 10.1. The Morgan fingerprint density at radius 1 is 1.60 bits per heavy atom. The van der Waals surface area contributed by atoms with Crippen LogP contribution in [-0.4, -0.2) is 34.1 Å². The van der Waals surface area contributed by atoms with Gasteiger partial charge in [-0.25, -0.2) is 0 Å². The maximum absolute atomic E-state index is 9.54. The lowest BCUT2D eigenvalue weighted by Gasteiger charge is -2.20. The van der Waals surface area contributed by atoms with Gasteiger partial charge in [0.2, 0.25) is 0 Å². The minimum absolute atomic E-state index is 0.343. The molecule has 2 N–H and O–H groups in total. The molecule has 0 radical (unpaired) electrons. The van der Waals surface area contributed by atoms with Crippen molar-refractivity contribution >= 4 is 5.57 Å². The van der Waals surface area contributed by atoms with E-state index < -0.39 is 0 Å². The van der Waals surface area contributed by atoms with Gasteiger partial charge in [0.1, 0.15) is 0 Å². The summed E-state index contributed by atoms with van der Waals surface area (Å²) in [6.07, 6.45) is 3.33. The summed E-state index contributed by atoms with van der Waals surface area (Å²) in [7, 11) is 0. The predicted octanol–water partition coefficient (Wildman–Crippen LogP) is 0.811. The average Bonchev–Trinajstić information content (AvgIpc) is 2.65. The second-order valence-electron chi connectivity index (χ2n) is 4.14. The third-order valence-electron chi connectivity index (χ3n) is 2.55. The molecule has 0 aromatic carbocycles. The molecule has 2 rings (SSSR count). The second-order valence-corrected chi connectivity index (χ2v) is 4.14. The normalized spacial score (nSPS) is 21.9. The first-order chi connectivity index (χ1) is 7.18. The molecule has 4 heteroatoms. The summed E-state index contributed by atoms with van der Waals surface area (Å²) < 4.78 is 1.98. The first-order valence-corrected chi connectivity index (χ1v) is 5.32. The first kappa shape index (κ1) is 10.4. The Kier molecular flexibility index (Phi) is 2.88. The van der Waals surface area contributed by atoms with Crippen LogP contribution in [0, 0.1) is 0 Å². The summed E-state index contributed by atoms with van der Waals surface area (Å²) in [5, 5.41) is 17.0. The van der Waals surface area contributed by atoms with Crippen molar-refractivity contribution in [3.63, 3.8) is 0 Å². The molecule has 1 aromatic heterocycles. The van der Waals surface area contributed by atoms with Gasteiger partial charge in [-0.2, -0.15) is 5.10 Å². The Morgan fingerprint density at radius 2 is 2.40 bits per heavy atom. The Bertz CT molecular complexity index is 368. The highest BCUT2D eigenvalue weighted by molar-refractivity contribution is 5.65. The number of aliphatic hydroxyl groups excluding tert-OH is 1. The van der Waals surface area contributed by atoms with Crippen molar-refractivity contribution in [2.45, 2.75) is 26.0 Å². The van der Waals surface area contributed by atoms with Gasteiger partial charge in [-0.05, 0) is 31.6 Å². The predicted molar refractivity (Wildman–Crippen MR) is 59.5 cm³/mol. The molecular weight excluding hydrogens is 190 g/mol. The fourth-order valence-electron chi connectivity index (χ4n) is 1.86. The van der Waals surface area contributed by atoms with Crippen molar-refractivity contribution in [3.8, 4) is 0 Å². The molecule has 0 fully saturated rings. The summed E-state index contributed by atoms with van der Waals surface area (Å²) in [5.74, 6) is 0. The van der Waals surface area contributed by atoms with Crippen LogP contribution in [0.4, 0.5) is 0 Å².